The van der Waals surface area contributed by atoms with Crippen LogP contribution in [0.2, 0.25) is 0 Å². The van der Waals surface area contributed by atoms with E-state index in [1.807, 2.05) is 0 Å². The monoisotopic (exact) mass is 212 g/mol. The van der Waals surface area contributed by atoms with Crippen molar-refractivity contribution in [2.75, 3.05) is 6.54 Å². The molecule has 0 aliphatic heterocycles. The highest BCUT2D eigenvalue weighted by atomic mass is 16.5. The Balaban J connectivity index is 3.11. The second kappa shape index (κ2) is 4.56. The number of hydroxylamine groups is 1. The van der Waals surface area contributed by atoms with Crippen molar-refractivity contribution in [1.82, 2.24) is 14.6 Å². The van der Waals surface area contributed by atoms with E-state index >= 15 is 0 Å². The van der Waals surface area contributed by atoms with Gasteiger partial charge in [0.15, 0.2) is 0 Å². The molecule has 0 aliphatic rings. The Hall–Kier alpha value is -1.89. The first-order valence-corrected chi connectivity index (χ1v) is 4.22. The van der Waals surface area contributed by atoms with Crippen LogP contribution in [0.4, 0.5) is 0 Å². The van der Waals surface area contributed by atoms with Gasteiger partial charge in [0.1, 0.15) is 12.0 Å². The number of carbonyl (C=O) groups is 1. The number of nitrogens with one attached hydrogen (secondary N) is 1. The molecule has 7 heteroatoms. The molecule has 0 spiro atoms. The van der Waals surface area contributed by atoms with Gasteiger partial charge in [-0.05, 0) is 6.07 Å². The van der Waals surface area contributed by atoms with Gasteiger partial charge < -0.3 is 4.57 Å². The molecular weight excluding hydrogens is 200 g/mol. The van der Waals surface area contributed by atoms with Crippen molar-refractivity contribution in [2.45, 2.75) is 0 Å². The molecule has 0 bridgehead atoms. The largest absolute Gasteiger partial charge is 0.329 e. The molecule has 0 aromatic carbocycles. The Morgan fingerprint density at radius 1 is 1.60 bits per heavy atom. The number of carbonyl (C=O) groups excluding carboxylic acids is 1. The zero-order chi connectivity index (χ0) is 11.4. The van der Waals surface area contributed by atoms with Crippen molar-refractivity contribution in [1.29, 1.82) is 0 Å². The Labute approximate surface area is 85.3 Å². The molecular formula is C8H12N4O3. The number of nitrogens with zero attached hydrogens (tertiary/aromatic N) is 3. The van der Waals surface area contributed by atoms with Gasteiger partial charge >= 0.3 is 5.69 Å². The van der Waals surface area contributed by atoms with E-state index in [4.69, 9.17) is 5.21 Å². The number of aryl methyl sites for hydroxylation is 1. The molecule has 7 nitrogen and oxygen atoms in total. The van der Waals surface area contributed by atoms with Crippen molar-refractivity contribution in [3.63, 3.8) is 0 Å². The molecule has 0 saturated carbocycles. The van der Waals surface area contributed by atoms with E-state index in [9.17, 15) is 9.59 Å². The van der Waals surface area contributed by atoms with Gasteiger partial charge in [0, 0.05) is 20.3 Å². The van der Waals surface area contributed by atoms with Crippen LogP contribution >= 0.6 is 0 Å². The lowest BCUT2D eigenvalue weighted by molar-refractivity contribution is -0.127. The normalized spacial score (nSPS) is 11.5. The van der Waals surface area contributed by atoms with Crippen LogP contribution in [-0.2, 0) is 18.9 Å². The smallest absolute Gasteiger partial charge is 0.304 e. The fourth-order valence-corrected chi connectivity index (χ4v) is 1.04. The van der Waals surface area contributed by atoms with Crippen molar-refractivity contribution in [3.05, 3.63) is 28.2 Å². The molecule has 82 valence electrons. The zero-order valence-corrected chi connectivity index (χ0v) is 8.47. The fourth-order valence-electron chi connectivity index (χ4n) is 1.04. The predicted octanol–water partition coefficient (Wildman–Crippen LogP) is -1.87. The average Bonchev–Trinajstić information content (AvgIpc) is 2.24. The highest BCUT2D eigenvalue weighted by Crippen LogP contribution is 1.72. The number of hydrogen-bond donors (Lipinski definition) is 2. The summed E-state index contributed by atoms with van der Waals surface area (Å²) in [5.41, 5.74) is 1.60. The van der Waals surface area contributed by atoms with Crippen LogP contribution in [0.5, 0.6) is 0 Å². The number of rotatable bonds is 2. The minimum absolute atomic E-state index is 0.225. The van der Waals surface area contributed by atoms with Crippen LogP contribution in [0.1, 0.15) is 0 Å². The van der Waals surface area contributed by atoms with Gasteiger partial charge in [-0.2, -0.15) is 0 Å². The molecule has 1 rings (SSSR count). The highest BCUT2D eigenvalue weighted by molar-refractivity contribution is 5.76. The van der Waals surface area contributed by atoms with E-state index in [1.54, 1.807) is 26.4 Å². The van der Waals surface area contributed by atoms with Crippen molar-refractivity contribution < 1.29 is 10.0 Å². The third-order valence-electron chi connectivity index (χ3n) is 1.89. The van der Waals surface area contributed by atoms with Crippen LogP contribution in [0.3, 0.4) is 0 Å². The van der Waals surface area contributed by atoms with Gasteiger partial charge in [0.05, 0.1) is 0 Å². The second-order valence-corrected chi connectivity index (χ2v) is 2.98. The number of amides is 1. The molecule has 1 aromatic rings. The van der Waals surface area contributed by atoms with E-state index in [0.717, 1.165) is 0 Å². The maximum absolute atomic E-state index is 11.4. The fraction of sp³-hybridized carbons (Fsp3) is 0.375. The van der Waals surface area contributed by atoms with Gasteiger partial charge in [-0.3, -0.25) is 19.6 Å². The van der Waals surface area contributed by atoms with Gasteiger partial charge in [-0.15, -0.1) is 0 Å². The number of aromatic nitrogens is 2. The second-order valence-electron chi connectivity index (χ2n) is 2.98. The minimum Gasteiger partial charge on any atom is -0.304 e. The van der Waals surface area contributed by atoms with E-state index in [-0.39, 0.29) is 12.2 Å². The minimum atomic E-state index is -0.629. The molecule has 1 aromatic heterocycles. The first-order chi connectivity index (χ1) is 7.06. The van der Waals surface area contributed by atoms with E-state index in [0.29, 0.717) is 5.49 Å². The Morgan fingerprint density at radius 3 is 2.87 bits per heavy atom. The SMILES string of the molecule is Cn1ccc(=NCC(=O)NO)n(C)c1=O. The molecule has 15 heavy (non-hydrogen) atoms. The highest BCUT2D eigenvalue weighted by Gasteiger charge is 1.98. The van der Waals surface area contributed by atoms with Gasteiger partial charge in [0.2, 0.25) is 0 Å². The van der Waals surface area contributed by atoms with Crippen LogP contribution in [0, 0.1) is 0 Å². The molecule has 0 atom stereocenters. The molecule has 2 N–H and O–H groups in total. The summed E-state index contributed by atoms with van der Waals surface area (Å²) in [6.45, 7) is -0.225. The summed E-state index contributed by atoms with van der Waals surface area (Å²) >= 11 is 0. The van der Waals surface area contributed by atoms with Gasteiger partial charge in [-0.25, -0.2) is 10.3 Å². The topological polar surface area (TPSA) is 88.6 Å². The van der Waals surface area contributed by atoms with E-state index < -0.39 is 5.91 Å². The standard InChI is InChI=1S/C8H12N4O3/c1-11-4-3-6(12(2)8(11)14)9-5-7(13)10-15/h3-4,15H,5H2,1-2H3,(H,10,13). The van der Waals surface area contributed by atoms with E-state index in [2.05, 4.69) is 4.99 Å². The summed E-state index contributed by atoms with van der Waals surface area (Å²) in [5, 5.41) is 8.25. The quantitative estimate of drug-likeness (QED) is 0.444. The molecule has 0 fully saturated rings. The lowest BCUT2D eigenvalue weighted by Gasteiger charge is -2.01. The van der Waals surface area contributed by atoms with Crippen LogP contribution in [0.25, 0.3) is 0 Å². The van der Waals surface area contributed by atoms with Crippen molar-refractivity contribution in [3.8, 4) is 0 Å². The average molecular weight is 212 g/mol. The van der Waals surface area contributed by atoms with Crippen LogP contribution < -0.4 is 16.7 Å². The first-order valence-electron chi connectivity index (χ1n) is 4.22. The summed E-state index contributed by atoms with van der Waals surface area (Å²) in [5.74, 6) is -0.629. The number of hydrogen-bond acceptors (Lipinski definition) is 4. The molecule has 0 unspecified atom stereocenters. The summed E-state index contributed by atoms with van der Waals surface area (Å²) in [6, 6.07) is 1.60. The lowest BCUT2D eigenvalue weighted by atomic mass is 10.5. The molecule has 1 heterocycles. The first kappa shape index (κ1) is 11.2. The third kappa shape index (κ3) is 2.53. The Bertz CT molecular complexity index is 485. The summed E-state index contributed by atoms with van der Waals surface area (Å²) in [7, 11) is 3.17. The van der Waals surface area contributed by atoms with Crippen LogP contribution in [0.15, 0.2) is 22.1 Å². The van der Waals surface area contributed by atoms with Gasteiger partial charge in [0.25, 0.3) is 5.91 Å². The zero-order valence-electron chi connectivity index (χ0n) is 8.47. The molecule has 0 saturated heterocycles. The lowest BCUT2D eigenvalue weighted by Crippen LogP contribution is -2.37. The Kier molecular flexibility index (Phi) is 3.40. The van der Waals surface area contributed by atoms with Crippen molar-refractivity contribution in [2.24, 2.45) is 19.1 Å². The summed E-state index contributed by atoms with van der Waals surface area (Å²) in [6.07, 6.45) is 1.55. The predicted molar refractivity (Wildman–Crippen MR) is 51.0 cm³/mol. The van der Waals surface area contributed by atoms with E-state index in [1.165, 1.54) is 14.6 Å². The third-order valence-corrected chi connectivity index (χ3v) is 1.89. The molecule has 0 radical (unpaired) electrons. The summed E-state index contributed by atoms with van der Waals surface area (Å²) < 4.78 is 2.70. The maximum Gasteiger partial charge on any atom is 0.329 e. The Morgan fingerprint density at radius 2 is 2.27 bits per heavy atom. The summed E-state index contributed by atoms with van der Waals surface area (Å²) in [4.78, 5) is 26.0. The van der Waals surface area contributed by atoms with Crippen molar-refractivity contribution >= 4 is 5.91 Å². The van der Waals surface area contributed by atoms with Crippen LogP contribution in [-0.4, -0.2) is 26.8 Å². The molecule has 0 aliphatic carbocycles. The maximum atomic E-state index is 11.4. The molecule has 1 amide bonds. The van der Waals surface area contributed by atoms with Gasteiger partial charge in [-0.1, -0.05) is 0 Å².